The zero-order chi connectivity index (χ0) is 23.4. The van der Waals surface area contributed by atoms with Crippen molar-refractivity contribution in [1.29, 1.82) is 0 Å². The average molecular weight is 437 g/mol. The molecule has 2 aromatic rings. The summed E-state index contributed by atoms with van der Waals surface area (Å²) in [5.41, 5.74) is 5.11. The lowest BCUT2D eigenvalue weighted by Gasteiger charge is -2.26. The minimum Gasteiger partial charge on any atom is -0.496 e. The van der Waals surface area contributed by atoms with Crippen LogP contribution in [0, 0.1) is 13.8 Å². The zero-order valence-corrected chi connectivity index (χ0v) is 19.7. The molecule has 3 rings (SSSR count). The molecule has 170 valence electrons. The second-order valence-electron chi connectivity index (χ2n) is 8.51. The minimum absolute atomic E-state index is 0.0115. The van der Waals surface area contributed by atoms with Crippen molar-refractivity contribution in [2.24, 2.45) is 5.10 Å². The van der Waals surface area contributed by atoms with Crippen LogP contribution in [-0.4, -0.2) is 54.3 Å². The number of ether oxygens (including phenoxy) is 1. The molecule has 0 bridgehead atoms. The fourth-order valence-corrected chi connectivity index (χ4v) is 3.72. The maximum absolute atomic E-state index is 13.3. The van der Waals surface area contributed by atoms with E-state index in [-0.39, 0.29) is 30.6 Å². The van der Waals surface area contributed by atoms with E-state index in [1.54, 1.807) is 14.2 Å². The van der Waals surface area contributed by atoms with Crippen LogP contribution < -0.4 is 10.1 Å². The van der Waals surface area contributed by atoms with Crippen LogP contribution in [0.1, 0.15) is 48.6 Å². The number of rotatable bonds is 6. The molecule has 32 heavy (non-hydrogen) atoms. The van der Waals surface area contributed by atoms with Gasteiger partial charge < -0.3 is 15.0 Å². The predicted molar refractivity (Wildman–Crippen MR) is 126 cm³/mol. The molecule has 0 spiro atoms. The monoisotopic (exact) mass is 436 g/mol. The number of nitrogens with one attached hydrogen (secondary N) is 1. The normalized spacial score (nSPS) is 15.5. The summed E-state index contributed by atoms with van der Waals surface area (Å²) in [6, 6.07) is 13.3. The first-order valence-electron chi connectivity index (χ1n) is 10.8. The van der Waals surface area contributed by atoms with Crippen LogP contribution in [0.15, 0.2) is 47.6 Å². The molecule has 0 aliphatic carbocycles. The number of urea groups is 1. The molecule has 0 unspecified atom stereocenters. The second kappa shape index (κ2) is 9.85. The number of likely N-dealkylation sites (N-methyl/N-ethyl adjacent to an activating group) is 1. The molecule has 0 saturated heterocycles. The van der Waals surface area contributed by atoms with Crippen molar-refractivity contribution in [2.45, 2.75) is 46.2 Å². The van der Waals surface area contributed by atoms with Gasteiger partial charge in [-0.25, -0.2) is 9.80 Å². The Kier molecular flexibility index (Phi) is 7.18. The summed E-state index contributed by atoms with van der Waals surface area (Å²) in [4.78, 5) is 27.0. The predicted octanol–water partition coefficient (Wildman–Crippen LogP) is 4.04. The van der Waals surface area contributed by atoms with Crippen molar-refractivity contribution in [3.8, 4) is 5.75 Å². The summed E-state index contributed by atoms with van der Waals surface area (Å²) in [5, 5.41) is 9.03. The van der Waals surface area contributed by atoms with Crippen LogP contribution in [0.25, 0.3) is 0 Å². The molecule has 0 radical (unpaired) electrons. The smallest absolute Gasteiger partial charge is 0.317 e. The van der Waals surface area contributed by atoms with Crippen LogP contribution in [0.3, 0.4) is 0 Å². The van der Waals surface area contributed by atoms with Crippen molar-refractivity contribution in [3.05, 3.63) is 64.7 Å². The molecule has 3 amide bonds. The first-order chi connectivity index (χ1) is 15.2. The van der Waals surface area contributed by atoms with Crippen molar-refractivity contribution in [3.63, 3.8) is 0 Å². The first kappa shape index (κ1) is 23.3. The highest BCUT2D eigenvalue weighted by molar-refractivity contribution is 6.03. The summed E-state index contributed by atoms with van der Waals surface area (Å²) in [7, 11) is 3.23. The fourth-order valence-electron chi connectivity index (χ4n) is 3.72. The Morgan fingerprint density at radius 3 is 2.56 bits per heavy atom. The van der Waals surface area contributed by atoms with E-state index in [1.807, 2.05) is 44.2 Å². The topological polar surface area (TPSA) is 74.2 Å². The maximum Gasteiger partial charge on any atom is 0.317 e. The zero-order valence-electron chi connectivity index (χ0n) is 19.7. The molecule has 2 aromatic carbocycles. The average Bonchev–Trinajstić information content (AvgIpc) is 3.20. The number of carbonyl (C=O) groups is 2. The van der Waals surface area contributed by atoms with Crippen molar-refractivity contribution < 1.29 is 14.3 Å². The lowest BCUT2D eigenvalue weighted by molar-refractivity contribution is -0.133. The van der Waals surface area contributed by atoms with Gasteiger partial charge in [0.25, 0.3) is 5.91 Å². The summed E-state index contributed by atoms with van der Waals surface area (Å²) in [5.74, 6) is 0.457. The summed E-state index contributed by atoms with van der Waals surface area (Å²) in [6.45, 7) is 7.82. The van der Waals surface area contributed by atoms with E-state index in [0.717, 1.165) is 16.8 Å². The van der Waals surface area contributed by atoms with Gasteiger partial charge in [0.2, 0.25) is 0 Å². The van der Waals surface area contributed by atoms with Gasteiger partial charge in [0, 0.05) is 25.1 Å². The quantitative estimate of drug-likeness (QED) is 0.743. The van der Waals surface area contributed by atoms with E-state index >= 15 is 0 Å². The number of methoxy groups -OCH3 is 1. The van der Waals surface area contributed by atoms with E-state index in [0.29, 0.717) is 12.2 Å². The van der Waals surface area contributed by atoms with Crippen LogP contribution in [-0.2, 0) is 4.79 Å². The van der Waals surface area contributed by atoms with Crippen LogP contribution >= 0.6 is 0 Å². The molecule has 7 nitrogen and oxygen atoms in total. The molecule has 0 fully saturated rings. The standard InChI is InChI=1S/C25H32N4O3/c1-16(2)26-25(31)28(5)15-24(30)29-22(20-9-7-8-10-23(20)32-6)14-21(27-29)19-12-11-17(3)18(4)13-19/h7-13,16,22H,14-15H2,1-6H3,(H,26,31)/t22-/m1/s1. The van der Waals surface area contributed by atoms with Gasteiger partial charge in [-0.15, -0.1) is 0 Å². The number of aryl methyl sites for hydroxylation is 2. The van der Waals surface area contributed by atoms with Gasteiger partial charge in [-0.2, -0.15) is 5.10 Å². The van der Waals surface area contributed by atoms with Crippen LogP contribution in [0.4, 0.5) is 4.79 Å². The van der Waals surface area contributed by atoms with E-state index in [4.69, 9.17) is 9.84 Å². The van der Waals surface area contributed by atoms with E-state index in [2.05, 4.69) is 31.3 Å². The Morgan fingerprint density at radius 1 is 1.19 bits per heavy atom. The highest BCUT2D eigenvalue weighted by Crippen LogP contribution is 2.37. The molecule has 1 aliphatic heterocycles. The minimum atomic E-state index is -0.309. The number of amides is 3. The van der Waals surface area contributed by atoms with Crippen molar-refractivity contribution in [2.75, 3.05) is 20.7 Å². The number of nitrogens with zero attached hydrogens (tertiary/aromatic N) is 3. The summed E-state index contributed by atoms with van der Waals surface area (Å²) in [6.07, 6.45) is 0.566. The number of hydrogen-bond acceptors (Lipinski definition) is 4. The highest BCUT2D eigenvalue weighted by atomic mass is 16.5. The summed E-state index contributed by atoms with van der Waals surface area (Å²) < 4.78 is 5.56. The SMILES string of the molecule is COc1ccccc1[C@H]1CC(c2ccc(C)c(C)c2)=NN1C(=O)CN(C)C(=O)NC(C)C. The first-order valence-corrected chi connectivity index (χ1v) is 10.8. The van der Waals surface area contributed by atoms with E-state index in [9.17, 15) is 9.59 Å². The molecular formula is C25H32N4O3. The molecule has 0 saturated carbocycles. The Bertz CT molecular complexity index is 1030. The van der Waals surface area contributed by atoms with Crippen LogP contribution in [0.5, 0.6) is 5.75 Å². The molecule has 1 heterocycles. The highest BCUT2D eigenvalue weighted by Gasteiger charge is 2.35. The van der Waals surface area contributed by atoms with E-state index in [1.165, 1.54) is 21.0 Å². The number of para-hydroxylation sites is 1. The molecular weight excluding hydrogens is 404 g/mol. The Morgan fingerprint density at radius 2 is 1.91 bits per heavy atom. The molecule has 7 heteroatoms. The Hall–Kier alpha value is -3.35. The third kappa shape index (κ3) is 5.10. The van der Waals surface area contributed by atoms with Gasteiger partial charge in [-0.05, 0) is 56.5 Å². The Labute approximate surface area is 190 Å². The third-order valence-corrected chi connectivity index (χ3v) is 5.64. The number of hydrogen-bond donors (Lipinski definition) is 1. The molecule has 0 aromatic heterocycles. The van der Waals surface area contributed by atoms with E-state index < -0.39 is 0 Å². The van der Waals surface area contributed by atoms with Crippen molar-refractivity contribution in [1.82, 2.24) is 15.2 Å². The maximum atomic E-state index is 13.3. The van der Waals surface area contributed by atoms with Crippen molar-refractivity contribution >= 4 is 17.6 Å². The van der Waals surface area contributed by atoms with Gasteiger partial charge in [0.05, 0.1) is 18.9 Å². The lowest BCUT2D eigenvalue weighted by atomic mass is 9.96. The molecule has 1 N–H and O–H groups in total. The van der Waals surface area contributed by atoms with Gasteiger partial charge in [0.15, 0.2) is 0 Å². The lowest BCUT2D eigenvalue weighted by Crippen LogP contribution is -2.45. The van der Waals surface area contributed by atoms with Gasteiger partial charge >= 0.3 is 6.03 Å². The molecule has 1 aliphatic rings. The largest absolute Gasteiger partial charge is 0.496 e. The van der Waals surface area contributed by atoms with Crippen LogP contribution in [0.2, 0.25) is 0 Å². The number of carbonyl (C=O) groups excluding carboxylic acids is 2. The van der Waals surface area contributed by atoms with Gasteiger partial charge in [-0.3, -0.25) is 4.79 Å². The third-order valence-electron chi connectivity index (χ3n) is 5.64. The van der Waals surface area contributed by atoms with Gasteiger partial charge in [-0.1, -0.05) is 30.3 Å². The molecule has 1 atom stereocenters. The Balaban J connectivity index is 1.93. The van der Waals surface area contributed by atoms with Gasteiger partial charge in [0.1, 0.15) is 12.3 Å². The fraction of sp³-hybridized carbons (Fsp3) is 0.400. The second-order valence-corrected chi connectivity index (χ2v) is 8.51. The number of hydrazone groups is 1. The number of benzene rings is 2. The summed E-state index contributed by atoms with van der Waals surface area (Å²) >= 11 is 0.